The van der Waals surface area contributed by atoms with Crippen molar-refractivity contribution in [2.45, 2.75) is 84.0 Å². The number of carboxylic acids is 1. The van der Waals surface area contributed by atoms with E-state index in [2.05, 4.69) is 25.6 Å². The van der Waals surface area contributed by atoms with Crippen LogP contribution in [0, 0.1) is 0 Å². The maximum Gasteiger partial charge on any atom is 1.00 e. The number of methoxy groups -OCH3 is 2. The summed E-state index contributed by atoms with van der Waals surface area (Å²) < 4.78 is 27.5. The first kappa shape index (κ1) is 54.9. The minimum Gasteiger partial charge on any atom is -0.870 e. The number of aliphatic imine (C=N–C) groups is 2. The van der Waals surface area contributed by atoms with Gasteiger partial charge < -0.3 is 44.9 Å². The molecule has 2 atom stereocenters. The van der Waals surface area contributed by atoms with Gasteiger partial charge in [0.2, 0.25) is 11.8 Å². The van der Waals surface area contributed by atoms with Crippen molar-refractivity contribution in [1.82, 2.24) is 19.8 Å². The number of hydrogen-bond donors (Lipinski definition) is 3. The van der Waals surface area contributed by atoms with E-state index < -0.39 is 17.2 Å². The Kier molecular flexibility index (Phi) is 19.0. The number of fused-ring (bicyclic) bond motifs is 2. The first-order valence-corrected chi connectivity index (χ1v) is 22.8. The van der Waals surface area contributed by atoms with Crippen molar-refractivity contribution in [3.05, 3.63) is 106 Å². The van der Waals surface area contributed by atoms with Crippen molar-refractivity contribution >= 4 is 46.6 Å². The molecule has 2 aromatic heterocycles. The number of likely N-dealkylation sites (tertiary alicyclic amines) is 2. The molecule has 0 aliphatic carbocycles. The fourth-order valence-electron chi connectivity index (χ4n) is 8.63. The summed E-state index contributed by atoms with van der Waals surface area (Å²) in [6.07, 6.45) is 4.52. The summed E-state index contributed by atoms with van der Waals surface area (Å²) in [5.41, 5.74) is 6.67. The van der Waals surface area contributed by atoms with Gasteiger partial charge in [0.1, 0.15) is 0 Å². The number of esters is 1. The van der Waals surface area contributed by atoms with Gasteiger partial charge in [-0.15, -0.1) is 0 Å². The molecule has 2 aromatic carbocycles. The molecule has 6 heterocycles. The number of aliphatic carboxylic acids is 1. The number of benzene rings is 2. The van der Waals surface area contributed by atoms with Gasteiger partial charge in [-0.25, -0.2) is 9.97 Å². The largest absolute Gasteiger partial charge is 1.00 e. The monoisotopic (exact) mass is 956 g/mol. The van der Waals surface area contributed by atoms with Gasteiger partial charge in [0, 0.05) is 98.6 Å². The molecule has 0 unspecified atom stereocenters. The second kappa shape index (κ2) is 24.2. The summed E-state index contributed by atoms with van der Waals surface area (Å²) in [5.74, 6) is -0.616. The number of hydrogen-bond acceptors (Lipinski definition) is 16. The van der Waals surface area contributed by atoms with Gasteiger partial charge in [0.05, 0.1) is 56.4 Å². The molecule has 2 amide bonds. The molecule has 0 spiro atoms. The molecule has 0 bridgehead atoms. The smallest absolute Gasteiger partial charge is 0.870 e. The molecule has 4 aliphatic heterocycles. The molecule has 2 fully saturated rings. The first-order chi connectivity index (χ1) is 32.6. The second-order valence-electron chi connectivity index (χ2n) is 17.6. The van der Waals surface area contributed by atoms with E-state index in [1.807, 2.05) is 93.3 Å². The molecule has 4 aromatic rings. The molecule has 0 saturated carbocycles. The van der Waals surface area contributed by atoms with Crippen molar-refractivity contribution < 1.29 is 72.3 Å². The Morgan fingerprint density at radius 3 is 1.50 bits per heavy atom. The van der Waals surface area contributed by atoms with E-state index in [0.717, 1.165) is 44.8 Å². The van der Waals surface area contributed by atoms with E-state index in [4.69, 9.17) is 33.8 Å². The minimum atomic E-state index is -1.08. The van der Waals surface area contributed by atoms with Crippen LogP contribution in [0.1, 0.15) is 80.8 Å². The topological polar surface area (TPSA) is 246 Å². The molecular weight excluding hydrogens is 896 g/mol. The molecule has 4 N–H and O–H groups in total. The molecule has 368 valence electrons. The van der Waals surface area contributed by atoms with Crippen LogP contribution in [0.25, 0.3) is 0 Å². The van der Waals surface area contributed by atoms with Crippen LogP contribution in [0.3, 0.4) is 0 Å². The Bertz CT molecular complexity index is 2560. The maximum absolute atomic E-state index is 13.3. The molecule has 8 rings (SSSR count). The standard InChI is InChI=1S/C26H32N4O5.C24H28N4O5.Li.H2O/c1-5-34-23(31)15-30-11-10-26(16-30,33-4)25(32)29-20-8-6-18-13-28-24(21(18)12-20)19-7-9-22(27-14-19)35-17(2)3;1-15(2)33-20-7-5-17(12-25-20)22-19-10-18(6-4-16(19)11-26-22)27-23(31)24(32-3)8-9-28(14-24)13-21(29)30;;/h6-9,12,14,17H,5,10-11,13,15-16H2,1-4H3,(H,29,32);4-7,10,12,15H,8-9,11,13-14H2,1-3H3,(H,27,31)(H,29,30);;1H2/q;;+1;/p-1/t26-;24-;;/m00../s1. The van der Waals surface area contributed by atoms with E-state index in [1.54, 1.807) is 24.2 Å². The van der Waals surface area contributed by atoms with Gasteiger partial charge in [-0.2, -0.15) is 0 Å². The third-order valence-corrected chi connectivity index (χ3v) is 12.0. The Hall–Kier alpha value is -6.04. The fourth-order valence-corrected chi connectivity index (χ4v) is 8.63. The maximum atomic E-state index is 13.3. The normalized spacial score (nSPS) is 19.1. The number of rotatable bonds is 17. The van der Waals surface area contributed by atoms with Crippen LogP contribution in [-0.4, -0.2) is 149 Å². The van der Waals surface area contributed by atoms with Crippen molar-refractivity contribution in [2.24, 2.45) is 9.98 Å². The van der Waals surface area contributed by atoms with Crippen molar-refractivity contribution in [2.75, 3.05) is 70.7 Å². The van der Waals surface area contributed by atoms with Crippen LogP contribution in [0.15, 0.2) is 83.0 Å². The average Bonchev–Trinajstić information content (AvgIpc) is 4.12. The minimum absolute atomic E-state index is 0. The van der Waals surface area contributed by atoms with Gasteiger partial charge in [0.15, 0.2) is 11.2 Å². The number of ether oxygens (including phenoxy) is 5. The molecule has 0 radical (unpaired) electrons. The summed E-state index contributed by atoms with van der Waals surface area (Å²) >= 11 is 0. The predicted octanol–water partition coefficient (Wildman–Crippen LogP) is 1.97. The number of aromatic nitrogens is 2. The molecule has 19 nitrogen and oxygen atoms in total. The van der Waals surface area contributed by atoms with E-state index in [0.29, 0.717) is 75.3 Å². The van der Waals surface area contributed by atoms with Gasteiger partial charge in [0.25, 0.3) is 11.8 Å². The van der Waals surface area contributed by atoms with Gasteiger partial charge >= 0.3 is 30.8 Å². The van der Waals surface area contributed by atoms with Gasteiger partial charge in [-0.3, -0.25) is 39.0 Å². The number of pyridine rings is 2. The zero-order valence-corrected chi connectivity index (χ0v) is 41.1. The Balaban J connectivity index is 0.000000254. The number of nitrogens with zero attached hydrogens (tertiary/aromatic N) is 6. The van der Waals surface area contributed by atoms with Crippen LogP contribution in [-0.2, 0) is 46.5 Å². The number of amides is 2. The van der Waals surface area contributed by atoms with E-state index in [1.165, 1.54) is 14.2 Å². The van der Waals surface area contributed by atoms with Crippen molar-refractivity contribution in [3.63, 3.8) is 0 Å². The molecular formula is C50H61LiN8O11. The number of carbonyl (C=O) groups excluding carboxylic acids is 3. The zero-order chi connectivity index (χ0) is 48.6. The number of carboxylic acid groups (broad SMARTS) is 1. The van der Waals surface area contributed by atoms with Gasteiger partial charge in [-0.05, 0) is 95.0 Å². The number of nitrogens with one attached hydrogen (secondary N) is 2. The molecule has 4 aliphatic rings. The van der Waals surface area contributed by atoms with Gasteiger partial charge in [-0.1, -0.05) is 12.1 Å². The average molecular weight is 957 g/mol. The number of carbonyl (C=O) groups is 4. The van der Waals surface area contributed by atoms with Crippen LogP contribution >= 0.6 is 0 Å². The first-order valence-electron chi connectivity index (χ1n) is 22.8. The Labute approximate surface area is 419 Å². The molecule has 70 heavy (non-hydrogen) atoms. The summed E-state index contributed by atoms with van der Waals surface area (Å²) in [4.78, 5) is 71.0. The SMILES string of the molecule is CCOC(=O)CN1CC[C@@](OC)(C(=O)Nc2ccc3c(c2)C(c2ccc(OC(C)C)nc2)=NC3)C1.CO[C@@]1(C(=O)Nc2ccc3c(c2)C(c2ccc(OC(C)C)nc2)=NC3)CCN(CC(=O)O)C1.[Li+].[OH-]. The summed E-state index contributed by atoms with van der Waals surface area (Å²) in [7, 11) is 3.01. The molecule has 20 heteroatoms. The van der Waals surface area contributed by atoms with E-state index >= 15 is 0 Å². The summed E-state index contributed by atoms with van der Waals surface area (Å²) in [6.45, 7) is 12.7. The Morgan fingerprint density at radius 1 is 0.686 bits per heavy atom. The van der Waals surface area contributed by atoms with Crippen molar-refractivity contribution in [1.29, 1.82) is 0 Å². The van der Waals surface area contributed by atoms with E-state index in [-0.39, 0.29) is 74.0 Å². The molecule has 2 saturated heterocycles. The van der Waals surface area contributed by atoms with Crippen molar-refractivity contribution in [3.8, 4) is 11.8 Å². The second-order valence-corrected chi connectivity index (χ2v) is 17.6. The summed E-state index contributed by atoms with van der Waals surface area (Å²) in [6, 6.07) is 19.0. The van der Waals surface area contributed by atoms with Crippen LogP contribution in [0.4, 0.5) is 11.4 Å². The van der Waals surface area contributed by atoms with E-state index in [9.17, 15) is 19.2 Å². The predicted molar refractivity (Wildman–Crippen MR) is 257 cm³/mol. The third kappa shape index (κ3) is 13.0. The third-order valence-electron chi connectivity index (χ3n) is 12.0. The zero-order valence-electron chi connectivity index (χ0n) is 41.1. The fraction of sp³-hybridized carbons (Fsp3) is 0.440. The van der Waals surface area contributed by atoms with Crippen LogP contribution in [0.5, 0.6) is 11.8 Å². The Morgan fingerprint density at radius 2 is 1.13 bits per heavy atom. The van der Waals surface area contributed by atoms with Crippen LogP contribution < -0.4 is 39.0 Å². The summed E-state index contributed by atoms with van der Waals surface area (Å²) in [5, 5.41) is 15.0. The van der Waals surface area contributed by atoms with Crippen LogP contribution in [0.2, 0.25) is 0 Å². The number of anilines is 2. The quantitative estimate of drug-likeness (QED) is 0.101.